The number of benzene rings is 1. The highest BCUT2D eigenvalue weighted by molar-refractivity contribution is 6.30. The topological polar surface area (TPSA) is 29.1 Å². The number of halogens is 3. The largest absolute Gasteiger partial charge is 0.355 e. The molecular formula is C10H10ClF2NO. The first-order valence-corrected chi connectivity index (χ1v) is 4.86. The van der Waals surface area contributed by atoms with Crippen molar-refractivity contribution in [1.29, 1.82) is 0 Å². The second-order valence-corrected chi connectivity index (χ2v) is 3.37. The van der Waals surface area contributed by atoms with Crippen molar-refractivity contribution in [3.63, 3.8) is 0 Å². The molecule has 0 saturated carbocycles. The highest BCUT2D eigenvalue weighted by Crippen LogP contribution is 2.22. The number of carbonyl (C=O) groups is 1. The van der Waals surface area contributed by atoms with Gasteiger partial charge in [0.25, 0.3) is 0 Å². The van der Waals surface area contributed by atoms with Gasteiger partial charge in [-0.1, -0.05) is 6.07 Å². The molecule has 0 fully saturated rings. The first-order valence-electron chi connectivity index (χ1n) is 4.43. The summed E-state index contributed by atoms with van der Waals surface area (Å²) in [7, 11) is 0. The monoisotopic (exact) mass is 233 g/mol. The normalized spacial score (nSPS) is 12.3. The molecule has 5 heteroatoms. The molecular weight excluding hydrogens is 224 g/mol. The number of alkyl halides is 1. The lowest BCUT2D eigenvalue weighted by Gasteiger charge is -2.09. The molecule has 1 unspecified atom stereocenters. The molecule has 0 aromatic heterocycles. The SMILES string of the molecule is CCNC(=O)C(Cl)c1ccc(F)c(F)c1. The molecule has 0 aliphatic carbocycles. The molecule has 2 nitrogen and oxygen atoms in total. The maximum atomic E-state index is 12.8. The molecule has 15 heavy (non-hydrogen) atoms. The molecule has 1 rings (SSSR count). The van der Waals surface area contributed by atoms with Crippen molar-refractivity contribution < 1.29 is 13.6 Å². The molecule has 1 atom stereocenters. The fourth-order valence-corrected chi connectivity index (χ4v) is 1.30. The van der Waals surface area contributed by atoms with Gasteiger partial charge >= 0.3 is 0 Å². The van der Waals surface area contributed by atoms with Crippen molar-refractivity contribution in [2.45, 2.75) is 12.3 Å². The smallest absolute Gasteiger partial charge is 0.242 e. The van der Waals surface area contributed by atoms with Crippen LogP contribution in [0.25, 0.3) is 0 Å². The lowest BCUT2D eigenvalue weighted by atomic mass is 10.1. The van der Waals surface area contributed by atoms with Gasteiger partial charge in [-0.25, -0.2) is 8.78 Å². The van der Waals surface area contributed by atoms with E-state index in [9.17, 15) is 13.6 Å². The summed E-state index contributed by atoms with van der Waals surface area (Å²) in [6.07, 6.45) is 0. The Labute approximate surface area is 91.2 Å². The van der Waals surface area contributed by atoms with Gasteiger partial charge in [0.2, 0.25) is 5.91 Å². The second-order valence-electron chi connectivity index (χ2n) is 2.93. The summed E-state index contributed by atoms with van der Waals surface area (Å²) in [5, 5.41) is 1.49. The van der Waals surface area contributed by atoms with Gasteiger partial charge in [-0.05, 0) is 24.6 Å². The molecule has 1 amide bonds. The summed E-state index contributed by atoms with van der Waals surface area (Å²) in [5.74, 6) is -2.40. The van der Waals surface area contributed by atoms with Crippen LogP contribution in [0.4, 0.5) is 8.78 Å². The number of carbonyl (C=O) groups excluding carboxylic acids is 1. The Morgan fingerprint density at radius 1 is 1.47 bits per heavy atom. The van der Waals surface area contributed by atoms with Crippen molar-refractivity contribution in [2.24, 2.45) is 0 Å². The molecule has 0 radical (unpaired) electrons. The van der Waals surface area contributed by atoms with E-state index in [4.69, 9.17) is 11.6 Å². The summed E-state index contributed by atoms with van der Waals surface area (Å²) < 4.78 is 25.4. The number of nitrogens with one attached hydrogen (secondary N) is 1. The summed E-state index contributed by atoms with van der Waals surface area (Å²) in [5.41, 5.74) is 0.238. The summed E-state index contributed by atoms with van der Waals surface area (Å²) in [6.45, 7) is 2.18. The van der Waals surface area contributed by atoms with Gasteiger partial charge in [0, 0.05) is 6.54 Å². The van der Waals surface area contributed by atoms with Gasteiger partial charge in [-0.15, -0.1) is 11.6 Å². The van der Waals surface area contributed by atoms with E-state index < -0.39 is 22.9 Å². The van der Waals surface area contributed by atoms with Crippen molar-refractivity contribution in [3.05, 3.63) is 35.4 Å². The minimum absolute atomic E-state index is 0.238. The minimum atomic E-state index is -1.01. The predicted molar refractivity (Wildman–Crippen MR) is 53.6 cm³/mol. The predicted octanol–water partition coefficient (Wildman–Crippen LogP) is 2.38. The van der Waals surface area contributed by atoms with E-state index in [2.05, 4.69) is 5.32 Å². The highest BCUT2D eigenvalue weighted by atomic mass is 35.5. The zero-order chi connectivity index (χ0) is 11.4. The summed E-state index contributed by atoms with van der Waals surface area (Å²) in [6, 6.07) is 3.15. The number of rotatable bonds is 3. The van der Waals surface area contributed by atoms with E-state index in [1.807, 2.05) is 0 Å². The second kappa shape index (κ2) is 5.07. The van der Waals surface area contributed by atoms with Crippen molar-refractivity contribution in [3.8, 4) is 0 Å². The lowest BCUT2D eigenvalue weighted by molar-refractivity contribution is -0.120. The van der Waals surface area contributed by atoms with Gasteiger partial charge in [-0.2, -0.15) is 0 Å². The van der Waals surface area contributed by atoms with Crippen LogP contribution in [0.5, 0.6) is 0 Å². The van der Waals surface area contributed by atoms with E-state index >= 15 is 0 Å². The summed E-state index contributed by atoms with van der Waals surface area (Å²) >= 11 is 5.76. The molecule has 0 heterocycles. The fourth-order valence-electron chi connectivity index (χ4n) is 1.09. The van der Waals surface area contributed by atoms with Gasteiger partial charge in [0.1, 0.15) is 5.38 Å². The Hall–Kier alpha value is -1.16. The van der Waals surface area contributed by atoms with E-state index in [1.165, 1.54) is 6.07 Å². The average molecular weight is 234 g/mol. The molecule has 1 aromatic carbocycles. The number of hydrogen-bond donors (Lipinski definition) is 1. The Morgan fingerprint density at radius 3 is 2.67 bits per heavy atom. The van der Waals surface area contributed by atoms with Gasteiger partial charge < -0.3 is 5.32 Å². The van der Waals surface area contributed by atoms with Crippen LogP contribution in [0.1, 0.15) is 17.9 Å². The average Bonchev–Trinajstić information content (AvgIpc) is 2.21. The van der Waals surface area contributed by atoms with E-state index in [1.54, 1.807) is 6.92 Å². The van der Waals surface area contributed by atoms with Crippen molar-refractivity contribution in [1.82, 2.24) is 5.32 Å². The number of hydrogen-bond acceptors (Lipinski definition) is 1. The van der Waals surface area contributed by atoms with Gasteiger partial charge in [-0.3, -0.25) is 4.79 Å². The van der Waals surface area contributed by atoms with E-state index in [0.29, 0.717) is 6.54 Å². The maximum absolute atomic E-state index is 12.8. The third-order valence-corrected chi connectivity index (χ3v) is 2.27. The maximum Gasteiger partial charge on any atom is 0.242 e. The Morgan fingerprint density at radius 2 is 2.13 bits per heavy atom. The summed E-state index contributed by atoms with van der Waals surface area (Å²) in [4.78, 5) is 11.3. The molecule has 0 aliphatic rings. The third-order valence-electron chi connectivity index (χ3n) is 1.82. The molecule has 0 bridgehead atoms. The van der Waals surface area contributed by atoms with Gasteiger partial charge in [0.05, 0.1) is 0 Å². The fraction of sp³-hybridized carbons (Fsp3) is 0.300. The lowest BCUT2D eigenvalue weighted by Crippen LogP contribution is -2.26. The molecule has 0 saturated heterocycles. The highest BCUT2D eigenvalue weighted by Gasteiger charge is 2.18. The quantitative estimate of drug-likeness (QED) is 0.798. The zero-order valence-electron chi connectivity index (χ0n) is 8.06. The van der Waals surface area contributed by atoms with E-state index in [-0.39, 0.29) is 5.56 Å². The first-order chi connectivity index (χ1) is 7.06. The van der Waals surface area contributed by atoms with Crippen LogP contribution in [0.15, 0.2) is 18.2 Å². The minimum Gasteiger partial charge on any atom is -0.355 e. The molecule has 1 aromatic rings. The third kappa shape index (κ3) is 2.89. The van der Waals surface area contributed by atoms with Crippen LogP contribution in [0, 0.1) is 11.6 Å². The van der Waals surface area contributed by atoms with Crippen LogP contribution >= 0.6 is 11.6 Å². The van der Waals surface area contributed by atoms with Crippen molar-refractivity contribution in [2.75, 3.05) is 6.54 Å². The molecule has 1 N–H and O–H groups in total. The number of likely N-dealkylation sites (N-methyl/N-ethyl adjacent to an activating group) is 1. The van der Waals surface area contributed by atoms with E-state index in [0.717, 1.165) is 12.1 Å². The molecule has 82 valence electrons. The number of amides is 1. The Kier molecular flexibility index (Phi) is 4.03. The van der Waals surface area contributed by atoms with Crippen molar-refractivity contribution >= 4 is 17.5 Å². The van der Waals surface area contributed by atoms with Crippen LogP contribution in [0.2, 0.25) is 0 Å². The zero-order valence-corrected chi connectivity index (χ0v) is 8.81. The van der Waals surface area contributed by atoms with Crippen LogP contribution in [0.3, 0.4) is 0 Å². The molecule has 0 aliphatic heterocycles. The van der Waals surface area contributed by atoms with Crippen LogP contribution < -0.4 is 5.32 Å². The van der Waals surface area contributed by atoms with Gasteiger partial charge in [0.15, 0.2) is 11.6 Å². The Balaban J connectivity index is 2.86. The first kappa shape index (κ1) is 11.9. The standard InChI is InChI=1S/C10H10ClF2NO/c1-2-14-10(15)9(11)6-3-4-7(12)8(13)5-6/h3-5,9H,2H2,1H3,(H,14,15). The Bertz CT molecular complexity index is 370. The van der Waals surface area contributed by atoms with Crippen LogP contribution in [-0.2, 0) is 4.79 Å². The van der Waals surface area contributed by atoms with Crippen LogP contribution in [-0.4, -0.2) is 12.5 Å². The molecule has 0 spiro atoms.